The third kappa shape index (κ3) is 2.31. The predicted octanol–water partition coefficient (Wildman–Crippen LogP) is 4.52. The van der Waals surface area contributed by atoms with Gasteiger partial charge in [0.25, 0.3) is 5.69 Å². The van der Waals surface area contributed by atoms with E-state index in [1.54, 1.807) is 18.4 Å². The summed E-state index contributed by atoms with van der Waals surface area (Å²) in [4.78, 5) is 10.2. The molecule has 1 aromatic heterocycles. The van der Waals surface area contributed by atoms with Crippen molar-refractivity contribution in [3.63, 3.8) is 0 Å². The Bertz CT molecular complexity index is 730. The van der Waals surface area contributed by atoms with E-state index in [0.29, 0.717) is 0 Å². The Morgan fingerprint density at radius 1 is 0.850 bits per heavy atom. The van der Waals surface area contributed by atoms with Gasteiger partial charge in [-0.2, -0.15) is 0 Å². The van der Waals surface area contributed by atoms with Crippen LogP contribution in [0.2, 0.25) is 0 Å². The van der Waals surface area contributed by atoms with Gasteiger partial charge in [-0.05, 0) is 23.8 Å². The van der Waals surface area contributed by atoms with Crippen LogP contribution in [0.1, 0.15) is 0 Å². The molecule has 0 bridgehead atoms. The lowest BCUT2D eigenvalue weighted by Gasteiger charge is -1.96. The maximum atomic E-state index is 10.6. The zero-order chi connectivity index (χ0) is 13.9. The molecule has 3 aromatic rings. The molecule has 1 heterocycles. The van der Waals surface area contributed by atoms with Crippen molar-refractivity contribution in [2.45, 2.75) is 0 Å². The normalized spacial score (nSPS) is 10.4. The largest absolute Gasteiger partial charge is 0.464 e. The third-order valence-electron chi connectivity index (χ3n) is 3.07. The molecule has 3 rings (SSSR count). The average Bonchev–Trinajstić information content (AvgIpc) is 2.98. The van der Waals surface area contributed by atoms with E-state index < -0.39 is 4.92 Å². The van der Waals surface area contributed by atoms with Gasteiger partial charge in [0.05, 0.1) is 11.2 Å². The summed E-state index contributed by atoms with van der Waals surface area (Å²) in [7, 11) is 0. The van der Waals surface area contributed by atoms with Gasteiger partial charge in [-0.15, -0.1) is 0 Å². The quantitative estimate of drug-likeness (QED) is 0.516. The summed E-state index contributed by atoms with van der Waals surface area (Å²) < 4.78 is 5.55. The van der Waals surface area contributed by atoms with Gasteiger partial charge in [0.2, 0.25) is 0 Å². The average molecular weight is 265 g/mol. The fraction of sp³-hybridized carbons (Fsp3) is 0. The predicted molar refractivity (Wildman–Crippen MR) is 76.2 cm³/mol. The molecule has 2 aromatic carbocycles. The monoisotopic (exact) mass is 265 g/mol. The first-order chi connectivity index (χ1) is 9.74. The molecular formula is C16H11NO3. The summed E-state index contributed by atoms with van der Waals surface area (Å²) in [5.74, 6) is 0.777. The Morgan fingerprint density at radius 2 is 1.55 bits per heavy atom. The van der Waals surface area contributed by atoms with Gasteiger partial charge in [-0.1, -0.05) is 30.3 Å². The molecule has 0 aliphatic carbocycles. The van der Waals surface area contributed by atoms with Crippen LogP contribution in [0, 0.1) is 10.1 Å². The molecule has 0 spiro atoms. The topological polar surface area (TPSA) is 56.3 Å². The summed E-state index contributed by atoms with van der Waals surface area (Å²) in [5.41, 5.74) is 2.88. The molecule has 0 aliphatic rings. The zero-order valence-electron chi connectivity index (χ0n) is 10.5. The van der Waals surface area contributed by atoms with Gasteiger partial charge in [0.15, 0.2) is 0 Å². The second-order valence-corrected chi connectivity index (χ2v) is 4.37. The van der Waals surface area contributed by atoms with Crippen molar-refractivity contribution in [3.05, 3.63) is 77.0 Å². The van der Waals surface area contributed by atoms with Gasteiger partial charge in [-0.25, -0.2) is 0 Å². The highest BCUT2D eigenvalue weighted by molar-refractivity contribution is 5.70. The number of benzene rings is 2. The molecule has 4 nitrogen and oxygen atoms in total. The lowest BCUT2D eigenvalue weighted by Crippen LogP contribution is -1.86. The van der Waals surface area contributed by atoms with Crippen LogP contribution in [-0.4, -0.2) is 4.92 Å². The molecular weight excluding hydrogens is 254 g/mol. The second kappa shape index (κ2) is 5.01. The molecule has 4 heteroatoms. The first-order valence-corrected chi connectivity index (χ1v) is 6.13. The molecule has 0 N–H and O–H groups in total. The van der Waals surface area contributed by atoms with Crippen molar-refractivity contribution in [2.24, 2.45) is 0 Å². The molecule has 98 valence electrons. The van der Waals surface area contributed by atoms with Crippen LogP contribution in [0.5, 0.6) is 0 Å². The van der Waals surface area contributed by atoms with Crippen molar-refractivity contribution < 1.29 is 9.34 Å². The summed E-state index contributed by atoms with van der Waals surface area (Å²) in [6, 6.07) is 18.1. The number of furan rings is 1. The Balaban J connectivity index is 1.92. The van der Waals surface area contributed by atoms with Crippen LogP contribution < -0.4 is 0 Å². The molecule has 0 saturated heterocycles. The lowest BCUT2D eigenvalue weighted by atomic mass is 10.1. The van der Waals surface area contributed by atoms with E-state index in [-0.39, 0.29) is 5.69 Å². The number of hydrogen-bond donors (Lipinski definition) is 0. The minimum Gasteiger partial charge on any atom is -0.464 e. The number of nitro benzene ring substituents is 1. The Labute approximate surface area is 115 Å². The van der Waals surface area contributed by atoms with Gasteiger partial charge < -0.3 is 4.42 Å². The molecule has 0 atom stereocenters. The first kappa shape index (κ1) is 12.2. The Kier molecular flexibility index (Phi) is 3.05. The van der Waals surface area contributed by atoms with Crippen molar-refractivity contribution in [1.82, 2.24) is 0 Å². The van der Waals surface area contributed by atoms with E-state index in [9.17, 15) is 10.1 Å². The Morgan fingerprint density at radius 3 is 2.20 bits per heavy atom. The highest BCUT2D eigenvalue weighted by atomic mass is 16.6. The maximum absolute atomic E-state index is 10.6. The zero-order valence-corrected chi connectivity index (χ0v) is 10.5. The van der Waals surface area contributed by atoms with E-state index >= 15 is 0 Å². The second-order valence-electron chi connectivity index (χ2n) is 4.37. The number of non-ortho nitro benzene ring substituents is 1. The SMILES string of the molecule is O=[N+]([O-])c1ccc(-c2coc(-c3ccccc3)c2)cc1. The summed E-state index contributed by atoms with van der Waals surface area (Å²) in [6.07, 6.45) is 1.66. The molecule has 0 fully saturated rings. The summed E-state index contributed by atoms with van der Waals surface area (Å²) in [6.45, 7) is 0. The highest BCUT2D eigenvalue weighted by Crippen LogP contribution is 2.29. The van der Waals surface area contributed by atoms with Gasteiger partial charge in [0.1, 0.15) is 5.76 Å². The van der Waals surface area contributed by atoms with Crippen LogP contribution in [0.15, 0.2) is 71.3 Å². The van der Waals surface area contributed by atoms with Crippen molar-refractivity contribution in [1.29, 1.82) is 0 Å². The lowest BCUT2D eigenvalue weighted by molar-refractivity contribution is -0.384. The molecule has 0 amide bonds. The number of hydrogen-bond acceptors (Lipinski definition) is 3. The van der Waals surface area contributed by atoms with E-state index in [0.717, 1.165) is 22.5 Å². The van der Waals surface area contributed by atoms with E-state index in [1.165, 1.54) is 12.1 Å². The van der Waals surface area contributed by atoms with Gasteiger partial charge in [-0.3, -0.25) is 10.1 Å². The van der Waals surface area contributed by atoms with Crippen LogP contribution in [0.3, 0.4) is 0 Å². The minimum absolute atomic E-state index is 0.0838. The maximum Gasteiger partial charge on any atom is 0.269 e. The van der Waals surface area contributed by atoms with Crippen LogP contribution in [-0.2, 0) is 0 Å². The van der Waals surface area contributed by atoms with E-state index in [1.807, 2.05) is 36.4 Å². The standard InChI is InChI=1S/C16H11NO3/c18-17(19)15-8-6-12(7-9-15)14-10-16(20-11-14)13-4-2-1-3-5-13/h1-11H. The van der Waals surface area contributed by atoms with E-state index in [4.69, 9.17) is 4.42 Å². The Hall–Kier alpha value is -2.88. The molecule has 0 saturated carbocycles. The smallest absolute Gasteiger partial charge is 0.269 e. The number of nitrogens with zero attached hydrogens (tertiary/aromatic N) is 1. The molecule has 0 unspecified atom stereocenters. The summed E-state index contributed by atoms with van der Waals surface area (Å²) >= 11 is 0. The highest BCUT2D eigenvalue weighted by Gasteiger charge is 2.08. The fourth-order valence-electron chi connectivity index (χ4n) is 2.02. The third-order valence-corrected chi connectivity index (χ3v) is 3.07. The molecule has 0 aliphatic heterocycles. The summed E-state index contributed by atoms with van der Waals surface area (Å²) in [5, 5.41) is 10.6. The molecule has 20 heavy (non-hydrogen) atoms. The number of rotatable bonds is 3. The van der Waals surface area contributed by atoms with Gasteiger partial charge >= 0.3 is 0 Å². The fourth-order valence-corrected chi connectivity index (χ4v) is 2.02. The van der Waals surface area contributed by atoms with Crippen LogP contribution in [0.25, 0.3) is 22.5 Å². The first-order valence-electron chi connectivity index (χ1n) is 6.13. The number of nitro groups is 1. The molecule has 0 radical (unpaired) electrons. The van der Waals surface area contributed by atoms with Gasteiger partial charge in [0, 0.05) is 23.3 Å². The van der Waals surface area contributed by atoms with Crippen molar-refractivity contribution in [2.75, 3.05) is 0 Å². The minimum atomic E-state index is -0.408. The van der Waals surface area contributed by atoms with E-state index in [2.05, 4.69) is 0 Å². The van der Waals surface area contributed by atoms with Crippen molar-refractivity contribution >= 4 is 5.69 Å². The van der Waals surface area contributed by atoms with Crippen LogP contribution >= 0.6 is 0 Å². The van der Waals surface area contributed by atoms with Crippen molar-refractivity contribution in [3.8, 4) is 22.5 Å². The van der Waals surface area contributed by atoms with Crippen LogP contribution in [0.4, 0.5) is 5.69 Å².